The Morgan fingerprint density at radius 1 is 1.02 bits per heavy atom. The Balaban J connectivity index is 0.000000253. The molecule has 47 heavy (non-hydrogen) atoms. The minimum Gasteiger partial charge on any atom is -0.369 e. The molecule has 0 radical (unpaired) electrons. The van der Waals surface area contributed by atoms with Gasteiger partial charge in [0.25, 0.3) is 0 Å². The molecule has 0 amide bonds. The van der Waals surface area contributed by atoms with Crippen LogP contribution in [0.2, 0.25) is 0 Å². The maximum atomic E-state index is 12.8. The number of para-hydroxylation sites is 4. The number of H-pyrrole nitrogens is 1. The minimum atomic E-state index is -1.19. The first kappa shape index (κ1) is 35.6. The van der Waals surface area contributed by atoms with Crippen LogP contribution in [0.5, 0.6) is 0 Å². The van der Waals surface area contributed by atoms with E-state index >= 15 is 0 Å². The predicted molar refractivity (Wildman–Crippen MR) is 211 cm³/mol. The SMILES string of the molecule is C.CC(C)(C)S(=O)N[C@@](C)(Cc1nc2ccccc2[nH]1)c1cc(Br)cs1.C[C@@]1(c2cc(Br)cs2)Cc2nc3ccccc3n2C(N)=N1.[HH].[HH]. The third-order valence-corrected chi connectivity index (χ3v) is 13.4. The Bertz CT molecular complexity index is 2070. The molecule has 0 spiro atoms. The van der Waals surface area contributed by atoms with Crippen molar-refractivity contribution in [2.75, 3.05) is 0 Å². The van der Waals surface area contributed by atoms with Crippen molar-refractivity contribution in [2.24, 2.45) is 10.7 Å². The van der Waals surface area contributed by atoms with E-state index in [4.69, 9.17) is 20.7 Å². The first-order valence-corrected chi connectivity index (χ1v) is 19.2. The third-order valence-electron chi connectivity index (χ3n) is 7.77. The van der Waals surface area contributed by atoms with Crippen LogP contribution >= 0.6 is 54.5 Å². The molecular weight excluding hydrogens is 778 g/mol. The summed E-state index contributed by atoms with van der Waals surface area (Å²) in [5, 5.41) is 4.12. The molecule has 7 rings (SSSR count). The molecule has 2 aromatic carbocycles. The van der Waals surface area contributed by atoms with Gasteiger partial charge in [0.1, 0.15) is 17.2 Å². The van der Waals surface area contributed by atoms with Crippen molar-refractivity contribution in [1.29, 1.82) is 0 Å². The van der Waals surface area contributed by atoms with Crippen LogP contribution in [0.3, 0.4) is 0 Å². The summed E-state index contributed by atoms with van der Waals surface area (Å²) in [6.45, 7) is 10.1. The van der Waals surface area contributed by atoms with Crippen LogP contribution in [0.4, 0.5) is 0 Å². The number of hydrogen-bond acceptors (Lipinski definition) is 7. The molecule has 0 aliphatic carbocycles. The summed E-state index contributed by atoms with van der Waals surface area (Å²) in [5.74, 6) is 2.36. The first-order chi connectivity index (χ1) is 21.7. The highest BCUT2D eigenvalue weighted by Gasteiger charge is 2.36. The zero-order valence-corrected chi connectivity index (χ0v) is 31.7. The van der Waals surface area contributed by atoms with E-state index in [1.165, 1.54) is 4.88 Å². The number of aromatic amines is 1. The molecule has 1 aliphatic rings. The van der Waals surface area contributed by atoms with Crippen LogP contribution < -0.4 is 10.5 Å². The lowest BCUT2D eigenvalue weighted by atomic mass is 9.95. The van der Waals surface area contributed by atoms with Crippen molar-refractivity contribution in [2.45, 2.75) is 70.7 Å². The first-order valence-electron chi connectivity index (χ1n) is 14.7. The molecule has 252 valence electrons. The number of nitrogens with one attached hydrogen (secondary N) is 2. The van der Waals surface area contributed by atoms with Crippen molar-refractivity contribution >= 4 is 93.5 Å². The molecular formula is C34H43Br2N7OS3. The largest absolute Gasteiger partial charge is 0.369 e. The lowest BCUT2D eigenvalue weighted by Crippen LogP contribution is -2.47. The number of imidazole rings is 2. The van der Waals surface area contributed by atoms with E-state index in [0.717, 1.165) is 54.0 Å². The molecule has 3 atom stereocenters. The van der Waals surface area contributed by atoms with E-state index in [0.29, 0.717) is 12.4 Å². The van der Waals surface area contributed by atoms with E-state index in [-0.39, 0.29) is 20.6 Å². The summed E-state index contributed by atoms with van der Waals surface area (Å²) in [5.41, 5.74) is 9.35. The van der Waals surface area contributed by atoms with Gasteiger partial charge in [0.2, 0.25) is 5.96 Å². The fourth-order valence-corrected chi connectivity index (χ4v) is 9.44. The van der Waals surface area contributed by atoms with Crippen LogP contribution in [0.1, 0.15) is 66.3 Å². The number of aromatic nitrogens is 4. The van der Waals surface area contributed by atoms with E-state index in [1.54, 1.807) is 22.7 Å². The van der Waals surface area contributed by atoms with Gasteiger partial charge in [0.15, 0.2) is 0 Å². The van der Waals surface area contributed by atoms with Crippen LogP contribution in [0.25, 0.3) is 22.1 Å². The lowest BCUT2D eigenvalue weighted by molar-refractivity contribution is 0.438. The molecule has 4 aromatic heterocycles. The van der Waals surface area contributed by atoms with Gasteiger partial charge in [-0.2, -0.15) is 0 Å². The second-order valence-corrected chi connectivity index (χ2v) is 18.3. The van der Waals surface area contributed by atoms with Crippen LogP contribution in [0, 0.1) is 0 Å². The molecule has 4 N–H and O–H groups in total. The molecule has 1 unspecified atom stereocenters. The lowest BCUT2D eigenvalue weighted by Gasteiger charge is -2.32. The van der Waals surface area contributed by atoms with Crippen LogP contribution in [-0.2, 0) is 34.9 Å². The molecule has 0 bridgehead atoms. The van der Waals surface area contributed by atoms with Crippen molar-refractivity contribution in [3.8, 4) is 0 Å². The van der Waals surface area contributed by atoms with E-state index in [2.05, 4.69) is 72.9 Å². The number of thiophene rings is 2. The van der Waals surface area contributed by atoms with Gasteiger partial charge in [-0.1, -0.05) is 31.7 Å². The van der Waals surface area contributed by atoms with Crippen LogP contribution in [-0.4, -0.2) is 34.4 Å². The number of fused-ring (bicyclic) bond motifs is 4. The van der Waals surface area contributed by atoms with Gasteiger partial charge < -0.3 is 10.7 Å². The molecule has 0 saturated heterocycles. The summed E-state index contributed by atoms with van der Waals surface area (Å²) < 4.78 is 19.9. The highest BCUT2D eigenvalue weighted by molar-refractivity contribution is 9.10. The third kappa shape index (κ3) is 7.50. The fraction of sp³-hybridized carbons (Fsp3) is 0.324. The van der Waals surface area contributed by atoms with Gasteiger partial charge in [-0.05, 0) is 103 Å². The quantitative estimate of drug-likeness (QED) is 0.155. The monoisotopic (exact) mass is 819 g/mol. The van der Waals surface area contributed by atoms with E-state index in [1.807, 2.05) is 79.2 Å². The minimum absolute atomic E-state index is 0. The average Bonchev–Trinajstić information content (AvgIpc) is 3.78. The van der Waals surface area contributed by atoms with Crippen molar-refractivity contribution < 1.29 is 7.06 Å². The number of hydrogen-bond donors (Lipinski definition) is 3. The highest BCUT2D eigenvalue weighted by atomic mass is 79.9. The van der Waals surface area contributed by atoms with Gasteiger partial charge in [-0.3, -0.25) is 4.57 Å². The summed E-state index contributed by atoms with van der Waals surface area (Å²) >= 11 is 10.4. The fourth-order valence-electron chi connectivity index (χ4n) is 5.40. The molecule has 0 fully saturated rings. The van der Waals surface area contributed by atoms with Gasteiger partial charge in [-0.25, -0.2) is 23.9 Å². The number of nitrogens with two attached hydrogens (primary N) is 1. The average molecular weight is 822 g/mol. The molecule has 13 heteroatoms. The van der Waals surface area contributed by atoms with Crippen molar-refractivity contribution in [3.63, 3.8) is 0 Å². The number of aliphatic imine (C=N–C) groups is 1. The molecule has 1 aliphatic heterocycles. The summed E-state index contributed by atoms with van der Waals surface area (Å²) in [6, 6.07) is 20.2. The standard InChI is InChI=1S/C18H22BrN3OS2.C15H13BrN4S.CH4.2H2/c1-17(2,3)25(23)22-18(4,15-9-12(19)11-24-15)10-16-20-13-7-5-6-8-14(13)21-16;1-15(12-6-9(16)8-21-12)7-13-18-10-4-2-3-5-11(10)20(13)14(17)19-15;;;/h5-9,11,22H,10H2,1-4H3,(H,20,21);2-6,8H,7H2,1H3,(H2,17,19);1H4;2*1H/t18-,25?;15-;;;/m00.../s1. The summed E-state index contributed by atoms with van der Waals surface area (Å²) in [7, 11) is -1.19. The Labute approximate surface area is 306 Å². The van der Waals surface area contributed by atoms with E-state index in [9.17, 15) is 4.21 Å². The maximum absolute atomic E-state index is 12.8. The van der Waals surface area contributed by atoms with Crippen molar-refractivity contribution in [3.05, 3.63) is 102 Å². The Morgan fingerprint density at radius 3 is 2.32 bits per heavy atom. The number of benzene rings is 2. The second kappa shape index (κ2) is 13.7. The molecule has 0 saturated carbocycles. The van der Waals surface area contributed by atoms with Gasteiger partial charge in [0.05, 0.1) is 43.3 Å². The molecule has 5 heterocycles. The van der Waals surface area contributed by atoms with Gasteiger partial charge >= 0.3 is 0 Å². The zero-order chi connectivity index (χ0) is 32.9. The zero-order valence-electron chi connectivity index (χ0n) is 26.1. The van der Waals surface area contributed by atoms with Crippen LogP contribution in [0.15, 0.2) is 85.4 Å². The second-order valence-electron chi connectivity index (χ2n) is 12.7. The molecule has 6 aromatic rings. The molecule has 8 nitrogen and oxygen atoms in total. The maximum Gasteiger partial charge on any atom is 0.202 e. The summed E-state index contributed by atoms with van der Waals surface area (Å²) in [6.07, 6.45) is 1.37. The number of rotatable bonds is 6. The Hall–Kier alpha value is -2.68. The highest BCUT2D eigenvalue weighted by Crippen LogP contribution is 2.38. The summed E-state index contributed by atoms with van der Waals surface area (Å²) in [4.78, 5) is 19.9. The van der Waals surface area contributed by atoms with Gasteiger partial charge in [-0.15, -0.1) is 22.7 Å². The number of halogens is 2. The number of nitrogens with zero attached hydrogens (tertiary/aromatic N) is 4. The Morgan fingerprint density at radius 2 is 1.68 bits per heavy atom. The smallest absolute Gasteiger partial charge is 0.202 e. The van der Waals surface area contributed by atoms with E-state index < -0.39 is 16.5 Å². The topological polar surface area (TPSA) is 114 Å². The normalized spacial score (nSPS) is 18.1. The predicted octanol–water partition coefficient (Wildman–Crippen LogP) is 9.52. The van der Waals surface area contributed by atoms with Gasteiger partial charge in [0, 0.05) is 45.2 Å². The van der Waals surface area contributed by atoms with Crippen molar-refractivity contribution in [1.82, 2.24) is 24.2 Å². The Kier molecular flexibility index (Phi) is 10.4.